The Labute approximate surface area is 355 Å². The van der Waals surface area contributed by atoms with Crippen LogP contribution in [0.5, 0.6) is 11.5 Å². The van der Waals surface area contributed by atoms with Gasteiger partial charge < -0.3 is 29.2 Å². The third kappa shape index (κ3) is 9.50. The Kier molecular flexibility index (Phi) is 13.2. The van der Waals surface area contributed by atoms with Gasteiger partial charge in [0.05, 0.1) is 14.2 Å². The highest BCUT2D eigenvalue weighted by molar-refractivity contribution is 7.65. The fourth-order valence-electron chi connectivity index (χ4n) is 9.37. The molecule has 60 heavy (non-hydrogen) atoms. The van der Waals surface area contributed by atoms with Crippen LogP contribution in [-0.4, -0.2) is 70.2 Å². The zero-order valence-corrected chi connectivity index (χ0v) is 38.2. The standard InChI is InChI=1S/2C24H31N2O3P/c2*1-16-10-12-26(22(13-16)18-5-7-19(8-6-18)30(4,27)28)15-21-20-9-11-25-24(20)17(2)14-23(21)29-3/h2*5-9,11,14,16,22,25H,10,12-13,15H2,1-4H3,(H,27,28)/t16-,22+;/m1./s1. The second kappa shape index (κ2) is 18.1. The minimum Gasteiger partial charge on any atom is -0.496 e. The molecule has 6 aromatic rings. The Morgan fingerprint density at radius 1 is 0.633 bits per heavy atom. The molecule has 2 saturated heterocycles. The predicted molar refractivity (Wildman–Crippen MR) is 246 cm³/mol. The summed E-state index contributed by atoms with van der Waals surface area (Å²) in [4.78, 5) is 31.5. The van der Waals surface area contributed by atoms with Crippen molar-refractivity contribution >= 4 is 47.2 Å². The summed E-state index contributed by atoms with van der Waals surface area (Å²) in [6.07, 6.45) is 8.47. The first-order valence-corrected chi connectivity index (χ1v) is 25.3. The van der Waals surface area contributed by atoms with E-state index in [9.17, 15) is 18.9 Å². The monoisotopic (exact) mass is 852 g/mol. The van der Waals surface area contributed by atoms with E-state index in [0.717, 1.165) is 50.5 Å². The Hall–Kier alpha value is -4.14. The number of likely N-dealkylation sites (tertiary alicyclic amines) is 2. The molecule has 320 valence electrons. The molecule has 4 N–H and O–H groups in total. The Morgan fingerprint density at radius 2 is 1.00 bits per heavy atom. The van der Waals surface area contributed by atoms with Crippen molar-refractivity contribution in [2.24, 2.45) is 11.8 Å². The van der Waals surface area contributed by atoms with Gasteiger partial charge in [0.2, 0.25) is 14.7 Å². The first-order chi connectivity index (χ1) is 28.5. The molecule has 2 aromatic heterocycles. The second-order valence-corrected chi connectivity index (χ2v) is 22.0. The molecule has 0 radical (unpaired) electrons. The second-order valence-electron chi connectivity index (χ2n) is 17.5. The summed E-state index contributed by atoms with van der Waals surface area (Å²) in [5.74, 6) is 3.15. The van der Waals surface area contributed by atoms with Gasteiger partial charge in [-0.25, -0.2) is 0 Å². The topological polar surface area (TPSA) is 131 Å². The molecular weight excluding hydrogens is 790 g/mol. The van der Waals surface area contributed by atoms with Crippen LogP contribution in [0.1, 0.15) is 85.0 Å². The van der Waals surface area contributed by atoms with Crippen LogP contribution >= 0.6 is 14.7 Å². The van der Waals surface area contributed by atoms with Crippen molar-refractivity contribution in [2.75, 3.05) is 40.6 Å². The molecule has 12 heteroatoms. The number of piperidine rings is 2. The molecule has 4 unspecified atom stereocenters. The number of fused-ring (bicyclic) bond motifs is 2. The summed E-state index contributed by atoms with van der Waals surface area (Å²) >= 11 is 0. The third-order valence-electron chi connectivity index (χ3n) is 12.9. The maximum absolute atomic E-state index is 12.0. The fraction of sp³-hybridized carbons (Fsp3) is 0.417. The first-order valence-electron chi connectivity index (χ1n) is 21.1. The molecule has 0 saturated carbocycles. The molecular formula is C48H62N4O6P2. The smallest absolute Gasteiger partial charge is 0.226 e. The van der Waals surface area contributed by atoms with Crippen molar-refractivity contribution in [3.8, 4) is 11.5 Å². The number of methoxy groups -OCH3 is 2. The molecule has 0 bridgehead atoms. The van der Waals surface area contributed by atoms with Crippen molar-refractivity contribution in [2.45, 2.75) is 78.6 Å². The molecule has 2 aliphatic heterocycles. The van der Waals surface area contributed by atoms with E-state index < -0.39 is 14.7 Å². The number of nitrogens with zero attached hydrogens (tertiary/aromatic N) is 2. The van der Waals surface area contributed by atoms with Crippen LogP contribution in [0.25, 0.3) is 21.8 Å². The van der Waals surface area contributed by atoms with Gasteiger partial charge in [-0.2, -0.15) is 0 Å². The van der Waals surface area contributed by atoms with Crippen LogP contribution in [-0.2, 0) is 22.2 Å². The number of aryl methyl sites for hydroxylation is 2. The number of aromatic nitrogens is 2. The van der Waals surface area contributed by atoms with Gasteiger partial charge >= 0.3 is 0 Å². The van der Waals surface area contributed by atoms with Gasteiger partial charge in [0.25, 0.3) is 0 Å². The largest absolute Gasteiger partial charge is 0.496 e. The molecule has 10 nitrogen and oxygen atoms in total. The predicted octanol–water partition coefficient (Wildman–Crippen LogP) is 9.97. The van der Waals surface area contributed by atoms with Crippen LogP contribution in [0.15, 0.2) is 85.2 Å². The number of hydrogen-bond acceptors (Lipinski definition) is 6. The molecule has 0 spiro atoms. The lowest BCUT2D eigenvalue weighted by Crippen LogP contribution is -2.36. The average molecular weight is 853 g/mol. The summed E-state index contributed by atoms with van der Waals surface area (Å²) in [5.41, 5.74) is 9.53. The number of benzene rings is 4. The zero-order chi connectivity index (χ0) is 42.9. The van der Waals surface area contributed by atoms with Gasteiger partial charge in [-0.05, 0) is 135 Å². The van der Waals surface area contributed by atoms with E-state index in [-0.39, 0.29) is 12.1 Å². The van der Waals surface area contributed by atoms with Crippen molar-refractivity contribution in [3.05, 3.63) is 119 Å². The highest BCUT2D eigenvalue weighted by Gasteiger charge is 2.31. The molecule has 0 aliphatic carbocycles. The van der Waals surface area contributed by atoms with Gasteiger partial charge in [0, 0.05) is 94.4 Å². The molecule has 0 amide bonds. The number of nitrogens with one attached hydrogen (secondary N) is 2. The van der Waals surface area contributed by atoms with Crippen molar-refractivity contribution in [1.29, 1.82) is 0 Å². The van der Waals surface area contributed by atoms with Gasteiger partial charge in [0.15, 0.2) is 0 Å². The van der Waals surface area contributed by atoms with Crippen LogP contribution in [0.2, 0.25) is 0 Å². The van der Waals surface area contributed by atoms with Gasteiger partial charge in [-0.1, -0.05) is 38.1 Å². The number of H-pyrrole nitrogens is 2. The summed E-state index contributed by atoms with van der Waals surface area (Å²) < 4.78 is 35.5. The fourth-order valence-corrected chi connectivity index (χ4v) is 10.8. The Balaban J connectivity index is 0.000000181. The van der Waals surface area contributed by atoms with E-state index in [0.29, 0.717) is 22.4 Å². The van der Waals surface area contributed by atoms with E-state index in [1.807, 2.05) is 60.9 Å². The van der Waals surface area contributed by atoms with E-state index >= 15 is 0 Å². The van der Waals surface area contributed by atoms with E-state index in [1.165, 1.54) is 81.4 Å². The lowest BCUT2D eigenvalue weighted by Gasteiger charge is -2.39. The summed E-state index contributed by atoms with van der Waals surface area (Å²) in [5, 5.41) is 3.45. The molecule has 2 fully saturated rings. The molecule has 8 rings (SSSR count). The van der Waals surface area contributed by atoms with E-state index in [4.69, 9.17) is 9.47 Å². The maximum atomic E-state index is 12.0. The number of ether oxygens (including phenoxy) is 2. The summed E-state index contributed by atoms with van der Waals surface area (Å²) in [7, 11) is -2.98. The number of rotatable bonds is 10. The van der Waals surface area contributed by atoms with E-state index in [2.05, 4.69) is 71.7 Å². The number of aromatic amines is 2. The van der Waals surface area contributed by atoms with Crippen LogP contribution in [0.3, 0.4) is 0 Å². The highest BCUT2D eigenvalue weighted by Crippen LogP contribution is 2.42. The first kappa shape index (κ1) is 43.9. The van der Waals surface area contributed by atoms with Crippen molar-refractivity contribution in [3.63, 3.8) is 0 Å². The van der Waals surface area contributed by atoms with Crippen molar-refractivity contribution in [1.82, 2.24) is 19.8 Å². The van der Waals surface area contributed by atoms with Crippen LogP contribution in [0.4, 0.5) is 0 Å². The molecule has 4 heterocycles. The highest BCUT2D eigenvalue weighted by atomic mass is 31.2. The van der Waals surface area contributed by atoms with Crippen LogP contribution < -0.4 is 20.1 Å². The summed E-state index contributed by atoms with van der Waals surface area (Å²) in [6.45, 7) is 15.3. The zero-order valence-electron chi connectivity index (χ0n) is 36.4. The third-order valence-corrected chi connectivity index (χ3v) is 15.4. The van der Waals surface area contributed by atoms with E-state index in [1.54, 1.807) is 14.2 Å². The summed E-state index contributed by atoms with van der Waals surface area (Å²) in [6, 6.07) is 24.4. The van der Waals surface area contributed by atoms with Gasteiger partial charge in [-0.3, -0.25) is 18.9 Å². The Bertz CT molecular complexity index is 2340. The number of hydrogen-bond donors (Lipinski definition) is 4. The van der Waals surface area contributed by atoms with Crippen molar-refractivity contribution < 1.29 is 28.4 Å². The SMILES string of the molecule is COc1cc(C)c2[nH]ccc2c1CN1CCC(C)CC1c1ccc(P(C)(=O)O)cc1.COc1cc(C)c2[nH]ccc2c1CN1CC[C@@H](C)C[C@H]1c1ccc(P(C)(=O)O)cc1. The normalized spacial score (nSPS) is 22.2. The Morgan fingerprint density at radius 3 is 1.33 bits per heavy atom. The van der Waals surface area contributed by atoms with Gasteiger partial charge in [-0.15, -0.1) is 0 Å². The minimum atomic E-state index is -3.23. The minimum absolute atomic E-state index is 0.276. The molecule has 2 aliphatic rings. The van der Waals surface area contributed by atoms with Crippen LogP contribution in [0, 0.1) is 25.7 Å². The lowest BCUT2D eigenvalue weighted by molar-refractivity contribution is 0.110. The lowest BCUT2D eigenvalue weighted by atomic mass is 9.87. The maximum Gasteiger partial charge on any atom is 0.226 e. The quantitative estimate of drug-likeness (QED) is 0.100. The van der Waals surface area contributed by atoms with Gasteiger partial charge in [0.1, 0.15) is 11.5 Å². The molecule has 6 atom stereocenters. The molecule has 4 aromatic carbocycles. The average Bonchev–Trinajstić information content (AvgIpc) is 3.93.